The fraction of sp³-hybridized carbons (Fsp3) is 0.276. The predicted molar refractivity (Wildman–Crippen MR) is 141 cm³/mol. The van der Waals surface area contributed by atoms with Crippen LogP contribution in [0.3, 0.4) is 0 Å². The van der Waals surface area contributed by atoms with Gasteiger partial charge >= 0.3 is 17.9 Å². The SMILES string of the molecule is COc1ccc(O[C@@H]2O[C@H](COC(=O)CCl)[C@@H](O)[C@H](OC(=O)c3ccccc3)[C@H]2OC(=O)c2ccccc2)cc1. The number of rotatable bonds is 10. The molecule has 0 spiro atoms. The molecule has 0 aromatic heterocycles. The van der Waals surface area contributed by atoms with Gasteiger partial charge in [-0.2, -0.15) is 0 Å². The van der Waals surface area contributed by atoms with Crippen LogP contribution in [0.2, 0.25) is 0 Å². The Hall–Kier alpha value is -4.12. The second kappa shape index (κ2) is 13.8. The molecule has 0 aliphatic carbocycles. The van der Waals surface area contributed by atoms with Crippen LogP contribution >= 0.6 is 11.6 Å². The maximum absolute atomic E-state index is 13.1. The summed E-state index contributed by atoms with van der Waals surface area (Å²) in [6, 6.07) is 22.7. The van der Waals surface area contributed by atoms with Crippen molar-refractivity contribution in [1.29, 1.82) is 0 Å². The van der Waals surface area contributed by atoms with Crippen molar-refractivity contribution in [2.24, 2.45) is 0 Å². The third-order valence-electron chi connectivity index (χ3n) is 5.95. The molecule has 3 aromatic carbocycles. The highest BCUT2D eigenvalue weighted by Gasteiger charge is 2.51. The van der Waals surface area contributed by atoms with Crippen LogP contribution in [0, 0.1) is 0 Å². The van der Waals surface area contributed by atoms with Crippen LogP contribution in [-0.2, 0) is 23.7 Å². The number of ether oxygens (including phenoxy) is 6. The third-order valence-corrected chi connectivity index (χ3v) is 6.17. The van der Waals surface area contributed by atoms with Crippen LogP contribution in [0.15, 0.2) is 84.9 Å². The van der Waals surface area contributed by atoms with Crippen LogP contribution in [0.5, 0.6) is 11.5 Å². The Morgan fingerprint density at radius 3 is 1.85 bits per heavy atom. The van der Waals surface area contributed by atoms with Gasteiger partial charge < -0.3 is 33.5 Å². The molecule has 0 bridgehead atoms. The average molecular weight is 571 g/mol. The summed E-state index contributed by atoms with van der Waals surface area (Å²) in [4.78, 5) is 37.8. The van der Waals surface area contributed by atoms with E-state index in [-0.39, 0.29) is 11.1 Å². The van der Waals surface area contributed by atoms with Gasteiger partial charge in [0.05, 0.1) is 18.2 Å². The van der Waals surface area contributed by atoms with Gasteiger partial charge in [-0.1, -0.05) is 36.4 Å². The number of benzene rings is 3. The van der Waals surface area contributed by atoms with E-state index in [0.29, 0.717) is 11.5 Å². The predicted octanol–water partition coefficient (Wildman–Crippen LogP) is 3.39. The first-order chi connectivity index (χ1) is 19.4. The topological polar surface area (TPSA) is 127 Å². The van der Waals surface area contributed by atoms with E-state index in [1.54, 1.807) is 72.8 Å². The lowest BCUT2D eigenvalue weighted by molar-refractivity contribution is -0.277. The first-order valence-corrected chi connectivity index (χ1v) is 12.8. The molecule has 5 atom stereocenters. The molecule has 3 aromatic rings. The van der Waals surface area contributed by atoms with E-state index in [2.05, 4.69) is 0 Å². The Balaban J connectivity index is 1.67. The molecule has 11 heteroatoms. The normalized spacial score (nSPS) is 22.0. The number of hydrogen-bond acceptors (Lipinski definition) is 10. The van der Waals surface area contributed by atoms with E-state index < -0.39 is 61.1 Å². The largest absolute Gasteiger partial charge is 0.497 e. The van der Waals surface area contributed by atoms with Gasteiger partial charge in [-0.3, -0.25) is 4.79 Å². The van der Waals surface area contributed by atoms with Crippen molar-refractivity contribution in [1.82, 2.24) is 0 Å². The second-order valence-electron chi connectivity index (χ2n) is 8.62. The molecule has 4 rings (SSSR count). The first-order valence-electron chi connectivity index (χ1n) is 12.3. The summed E-state index contributed by atoms with van der Waals surface area (Å²) < 4.78 is 33.6. The quantitative estimate of drug-likeness (QED) is 0.220. The molecular weight excluding hydrogens is 544 g/mol. The summed E-state index contributed by atoms with van der Waals surface area (Å²) in [5.41, 5.74) is 0.415. The van der Waals surface area contributed by atoms with Gasteiger partial charge in [0.25, 0.3) is 0 Å². The van der Waals surface area contributed by atoms with Crippen LogP contribution < -0.4 is 9.47 Å². The molecule has 1 aliphatic heterocycles. The number of carbonyl (C=O) groups excluding carboxylic acids is 3. The highest BCUT2D eigenvalue weighted by molar-refractivity contribution is 6.26. The molecule has 0 unspecified atom stereocenters. The van der Waals surface area contributed by atoms with Gasteiger partial charge in [0, 0.05) is 0 Å². The Bertz CT molecular complexity index is 1270. The summed E-state index contributed by atoms with van der Waals surface area (Å²) in [6.07, 6.45) is -7.11. The Kier molecular flexibility index (Phi) is 9.96. The van der Waals surface area contributed by atoms with Gasteiger partial charge in [-0.25, -0.2) is 9.59 Å². The van der Waals surface area contributed by atoms with Crippen molar-refractivity contribution >= 4 is 29.5 Å². The number of aliphatic hydroxyl groups is 1. The molecule has 0 saturated carbocycles. The van der Waals surface area contributed by atoms with Crippen LogP contribution in [0.4, 0.5) is 0 Å². The van der Waals surface area contributed by atoms with Crippen LogP contribution in [-0.4, -0.2) is 73.3 Å². The van der Waals surface area contributed by atoms with E-state index in [4.69, 9.17) is 40.0 Å². The number of hydrogen-bond donors (Lipinski definition) is 1. The van der Waals surface area contributed by atoms with Crippen LogP contribution in [0.1, 0.15) is 20.7 Å². The number of alkyl halides is 1. The lowest BCUT2D eigenvalue weighted by atomic mass is 9.98. The van der Waals surface area contributed by atoms with Gasteiger partial charge in [0.2, 0.25) is 12.4 Å². The molecule has 1 fully saturated rings. The van der Waals surface area contributed by atoms with Crippen molar-refractivity contribution in [3.05, 3.63) is 96.1 Å². The van der Waals surface area contributed by atoms with E-state index in [1.807, 2.05) is 0 Å². The van der Waals surface area contributed by atoms with Crippen molar-refractivity contribution in [3.8, 4) is 11.5 Å². The van der Waals surface area contributed by atoms with Crippen molar-refractivity contribution in [2.75, 3.05) is 19.6 Å². The highest BCUT2D eigenvalue weighted by atomic mass is 35.5. The highest BCUT2D eigenvalue weighted by Crippen LogP contribution is 2.30. The summed E-state index contributed by atoms with van der Waals surface area (Å²) >= 11 is 5.53. The van der Waals surface area contributed by atoms with Crippen LogP contribution in [0.25, 0.3) is 0 Å². The van der Waals surface area contributed by atoms with Gasteiger partial charge in [-0.15, -0.1) is 11.6 Å². The molecule has 1 heterocycles. The minimum Gasteiger partial charge on any atom is -0.497 e. The molecule has 0 radical (unpaired) electrons. The zero-order chi connectivity index (χ0) is 28.5. The van der Waals surface area contributed by atoms with E-state index in [0.717, 1.165) is 0 Å². The molecule has 210 valence electrons. The fourth-order valence-corrected chi connectivity index (χ4v) is 3.99. The van der Waals surface area contributed by atoms with Gasteiger partial charge in [0.1, 0.15) is 36.2 Å². The summed E-state index contributed by atoms with van der Waals surface area (Å²) in [5.74, 6) is -1.85. The zero-order valence-corrected chi connectivity index (χ0v) is 22.1. The average Bonchev–Trinajstić information content (AvgIpc) is 3.00. The summed E-state index contributed by atoms with van der Waals surface area (Å²) in [7, 11) is 1.51. The third kappa shape index (κ3) is 7.29. The molecule has 10 nitrogen and oxygen atoms in total. The molecule has 0 amide bonds. The monoisotopic (exact) mass is 570 g/mol. The Labute approximate surface area is 235 Å². The maximum atomic E-state index is 13.1. The minimum absolute atomic E-state index is 0.201. The number of esters is 3. The van der Waals surface area contributed by atoms with E-state index in [1.165, 1.54) is 19.2 Å². The molecular formula is C29H27ClO10. The molecule has 1 saturated heterocycles. The number of methoxy groups -OCH3 is 1. The van der Waals surface area contributed by atoms with Crippen molar-refractivity contribution in [2.45, 2.75) is 30.7 Å². The number of aliphatic hydroxyl groups excluding tert-OH is 1. The lowest BCUT2D eigenvalue weighted by Gasteiger charge is -2.42. The van der Waals surface area contributed by atoms with Crippen molar-refractivity contribution in [3.63, 3.8) is 0 Å². The maximum Gasteiger partial charge on any atom is 0.338 e. The first kappa shape index (κ1) is 28.9. The van der Waals surface area contributed by atoms with Crippen molar-refractivity contribution < 1.29 is 47.9 Å². The van der Waals surface area contributed by atoms with E-state index >= 15 is 0 Å². The van der Waals surface area contributed by atoms with E-state index in [9.17, 15) is 19.5 Å². The number of halogens is 1. The minimum atomic E-state index is -1.58. The standard InChI is InChI=1S/C29H27ClO10/c1-35-20-12-14-21(15-13-20)37-29-26(40-28(34)19-10-6-3-7-11-19)25(39-27(33)18-8-4-2-5-9-18)24(32)22(38-29)17-36-23(31)16-30/h2-15,22,24-26,29,32H,16-17H2,1H3/t22-,24-,25+,26-,29-/m1/s1. The molecule has 40 heavy (non-hydrogen) atoms. The molecule has 1 N–H and O–H groups in total. The van der Waals surface area contributed by atoms with Gasteiger partial charge in [-0.05, 0) is 48.5 Å². The smallest absolute Gasteiger partial charge is 0.338 e. The molecule has 1 aliphatic rings. The lowest BCUT2D eigenvalue weighted by Crippen LogP contribution is -2.62. The second-order valence-corrected chi connectivity index (χ2v) is 8.88. The fourth-order valence-electron chi connectivity index (χ4n) is 3.92. The zero-order valence-electron chi connectivity index (χ0n) is 21.4. The van der Waals surface area contributed by atoms with Gasteiger partial charge in [0.15, 0.2) is 6.10 Å². The Morgan fingerprint density at radius 2 is 1.32 bits per heavy atom. The number of carbonyl (C=O) groups is 3. The Morgan fingerprint density at radius 1 is 0.800 bits per heavy atom. The summed E-state index contributed by atoms with van der Waals surface area (Å²) in [6.45, 7) is -0.437. The summed E-state index contributed by atoms with van der Waals surface area (Å²) in [5, 5.41) is 11.2.